The Morgan fingerprint density at radius 1 is 1.11 bits per heavy atom. The van der Waals surface area contributed by atoms with Gasteiger partial charge in [0.25, 0.3) is 5.56 Å². The molecule has 2 heterocycles. The zero-order valence-corrected chi connectivity index (χ0v) is 20.7. The largest absolute Gasteiger partial charge is 0.509 e. The molecule has 0 spiro atoms. The molecule has 0 radical (unpaired) electrons. The molecule has 0 unspecified atom stereocenters. The Bertz CT molecular complexity index is 1500. The van der Waals surface area contributed by atoms with E-state index in [0.717, 1.165) is 16.7 Å². The van der Waals surface area contributed by atoms with Crippen LogP contribution in [0.1, 0.15) is 22.5 Å². The predicted octanol–water partition coefficient (Wildman–Crippen LogP) is 2.65. The molecule has 9 nitrogen and oxygen atoms in total. The normalized spacial score (nSPS) is 16.2. The van der Waals surface area contributed by atoms with Crippen molar-refractivity contribution in [2.75, 3.05) is 32.7 Å². The summed E-state index contributed by atoms with van der Waals surface area (Å²) in [5.74, 6) is -0.229. The minimum absolute atomic E-state index is 0.000218. The molecule has 0 saturated carbocycles. The van der Waals surface area contributed by atoms with E-state index in [1.54, 1.807) is 38.1 Å². The van der Waals surface area contributed by atoms with Gasteiger partial charge in [0.05, 0.1) is 22.3 Å². The maximum atomic E-state index is 13.3. The van der Waals surface area contributed by atoms with Crippen LogP contribution in [0.25, 0.3) is 16.5 Å². The molecular weight excluding hydrogens is 466 g/mol. The average molecular weight is 494 g/mol. The number of fused-ring (bicyclic) bond motifs is 1. The minimum Gasteiger partial charge on any atom is -0.509 e. The lowest BCUT2D eigenvalue weighted by molar-refractivity contribution is 0.181. The number of aromatic nitrogens is 2. The number of rotatable bonds is 5. The number of aromatic amines is 1. The van der Waals surface area contributed by atoms with Crippen molar-refractivity contribution in [3.63, 3.8) is 0 Å². The number of benzene rings is 2. The van der Waals surface area contributed by atoms with Crippen LogP contribution in [0.4, 0.5) is 0 Å². The summed E-state index contributed by atoms with van der Waals surface area (Å²) in [4.78, 5) is 21.5. The highest BCUT2D eigenvalue weighted by molar-refractivity contribution is 7.89. The van der Waals surface area contributed by atoms with Crippen LogP contribution in [0.2, 0.25) is 0 Å². The lowest BCUT2D eigenvalue weighted by Crippen LogP contribution is -2.49. The van der Waals surface area contributed by atoms with E-state index in [1.807, 2.05) is 30.0 Å². The first-order valence-corrected chi connectivity index (χ1v) is 12.7. The second-order valence-electron chi connectivity index (χ2n) is 8.77. The minimum atomic E-state index is -3.65. The fourth-order valence-electron chi connectivity index (χ4n) is 4.58. The van der Waals surface area contributed by atoms with Crippen molar-refractivity contribution in [2.24, 2.45) is 0 Å². The number of hydrogen-bond acceptors (Lipinski definition) is 7. The van der Waals surface area contributed by atoms with Gasteiger partial charge in [-0.1, -0.05) is 29.8 Å². The van der Waals surface area contributed by atoms with Gasteiger partial charge in [-0.3, -0.25) is 9.69 Å². The molecule has 182 valence electrons. The third kappa shape index (κ3) is 4.84. The predicted molar refractivity (Wildman–Crippen MR) is 133 cm³/mol. The van der Waals surface area contributed by atoms with Gasteiger partial charge in [0.15, 0.2) is 5.82 Å². The van der Waals surface area contributed by atoms with Gasteiger partial charge in [-0.25, -0.2) is 13.4 Å². The first kappa shape index (κ1) is 24.6. The van der Waals surface area contributed by atoms with Crippen molar-refractivity contribution in [2.45, 2.75) is 25.7 Å². The van der Waals surface area contributed by atoms with Crippen LogP contribution in [-0.4, -0.2) is 65.4 Å². The van der Waals surface area contributed by atoms with Gasteiger partial charge in [0.2, 0.25) is 10.0 Å². The summed E-state index contributed by atoms with van der Waals surface area (Å²) in [6, 6.07) is 12.4. The number of para-hydroxylation sites is 1. The van der Waals surface area contributed by atoms with E-state index in [4.69, 9.17) is 0 Å². The fraction of sp³-hybridized carbons (Fsp3) is 0.320. The number of nitrogens with zero attached hydrogens (tertiary/aromatic N) is 4. The molecule has 4 rings (SSSR count). The molecule has 1 fully saturated rings. The Kier molecular flexibility index (Phi) is 6.76. The lowest BCUT2D eigenvalue weighted by Gasteiger charge is -2.34. The lowest BCUT2D eigenvalue weighted by atomic mass is 10.1. The summed E-state index contributed by atoms with van der Waals surface area (Å²) < 4.78 is 28.1. The first-order valence-electron chi connectivity index (χ1n) is 11.2. The van der Waals surface area contributed by atoms with Crippen molar-refractivity contribution in [3.05, 3.63) is 75.0 Å². The Labute approximate surface area is 204 Å². The summed E-state index contributed by atoms with van der Waals surface area (Å²) in [5.41, 5.74) is 2.37. The smallest absolute Gasteiger partial charge is 0.259 e. The fourth-order valence-corrected chi connectivity index (χ4v) is 6.41. The van der Waals surface area contributed by atoms with Crippen molar-refractivity contribution < 1.29 is 13.5 Å². The van der Waals surface area contributed by atoms with Crippen molar-refractivity contribution in [1.29, 1.82) is 5.26 Å². The highest BCUT2D eigenvalue weighted by Gasteiger charge is 2.31. The Morgan fingerprint density at radius 2 is 1.74 bits per heavy atom. The number of H-pyrrole nitrogens is 1. The summed E-state index contributed by atoms with van der Waals surface area (Å²) in [7, 11) is -3.65. The molecule has 10 heteroatoms. The molecule has 1 aliphatic heterocycles. The van der Waals surface area contributed by atoms with E-state index >= 15 is 0 Å². The van der Waals surface area contributed by atoms with E-state index in [-0.39, 0.29) is 36.8 Å². The number of sulfonamides is 1. The van der Waals surface area contributed by atoms with Crippen LogP contribution in [0.15, 0.2) is 51.8 Å². The van der Waals surface area contributed by atoms with Gasteiger partial charge >= 0.3 is 0 Å². The number of aliphatic hydroxyl groups excluding tert-OH is 1. The maximum absolute atomic E-state index is 13.3. The molecule has 1 aromatic heterocycles. The van der Waals surface area contributed by atoms with Crippen LogP contribution in [0, 0.1) is 32.1 Å². The molecule has 0 amide bonds. The monoisotopic (exact) mass is 493 g/mol. The molecule has 0 atom stereocenters. The number of aryl methyl sites for hydroxylation is 3. The number of nitriles is 1. The van der Waals surface area contributed by atoms with Crippen LogP contribution in [-0.2, 0) is 10.0 Å². The van der Waals surface area contributed by atoms with E-state index < -0.39 is 15.6 Å². The van der Waals surface area contributed by atoms with Crippen molar-refractivity contribution in [1.82, 2.24) is 19.2 Å². The van der Waals surface area contributed by atoms with Crippen LogP contribution >= 0.6 is 0 Å². The van der Waals surface area contributed by atoms with E-state index in [0.29, 0.717) is 28.9 Å². The summed E-state index contributed by atoms with van der Waals surface area (Å²) in [5, 5.41) is 20.7. The summed E-state index contributed by atoms with van der Waals surface area (Å²) >= 11 is 0. The third-order valence-corrected chi connectivity index (χ3v) is 8.36. The second kappa shape index (κ2) is 9.62. The number of allylic oxidation sites excluding steroid dienone is 1. The Morgan fingerprint density at radius 3 is 2.37 bits per heavy atom. The van der Waals surface area contributed by atoms with Crippen molar-refractivity contribution >= 4 is 26.5 Å². The van der Waals surface area contributed by atoms with Crippen molar-refractivity contribution in [3.8, 4) is 6.07 Å². The first-order chi connectivity index (χ1) is 16.6. The molecule has 1 aliphatic rings. The Hall–Kier alpha value is -3.52. The molecule has 0 aliphatic carbocycles. The molecule has 3 aromatic rings. The SMILES string of the molecule is Cc1cc(C)c(S(=O)(=O)N2CCN(C/C(O)=C(\C#N)c3nc4ccccc4c(=O)[nH]3)CC2)c(C)c1. The second-order valence-corrected chi connectivity index (χ2v) is 10.6. The van der Waals surface area contributed by atoms with Gasteiger partial charge in [-0.2, -0.15) is 9.57 Å². The summed E-state index contributed by atoms with van der Waals surface area (Å²) in [6.45, 7) is 6.87. The Balaban J connectivity index is 1.51. The number of piperazine rings is 1. The average Bonchev–Trinajstić information content (AvgIpc) is 2.79. The van der Waals surface area contributed by atoms with Crippen LogP contribution < -0.4 is 5.56 Å². The zero-order chi connectivity index (χ0) is 25.3. The standard InChI is InChI=1S/C25H27N5O4S/c1-16-12-17(2)23(18(3)13-16)35(33,34)30-10-8-29(9-11-30)15-22(31)20(14-26)24-27-21-7-5-4-6-19(21)25(32)28-24/h4-7,12-13,31H,8-11,15H2,1-3H3,(H,27,28,32)/b22-20-. The molecule has 2 aromatic carbocycles. The highest BCUT2D eigenvalue weighted by Crippen LogP contribution is 2.26. The topological polar surface area (TPSA) is 130 Å². The van der Waals surface area contributed by atoms with Crippen LogP contribution in [0.5, 0.6) is 0 Å². The summed E-state index contributed by atoms with van der Waals surface area (Å²) in [6.07, 6.45) is 0. The number of aliphatic hydroxyl groups is 1. The van der Waals surface area contributed by atoms with Gasteiger partial charge in [-0.05, 0) is 44.0 Å². The molecule has 2 N–H and O–H groups in total. The maximum Gasteiger partial charge on any atom is 0.259 e. The molecular formula is C25H27N5O4S. The van der Waals surface area contributed by atoms with Gasteiger partial charge < -0.3 is 10.1 Å². The zero-order valence-electron chi connectivity index (χ0n) is 19.9. The van der Waals surface area contributed by atoms with E-state index in [1.165, 1.54) is 4.31 Å². The number of nitrogens with one attached hydrogen (secondary N) is 1. The van der Waals surface area contributed by atoms with E-state index in [2.05, 4.69) is 9.97 Å². The van der Waals surface area contributed by atoms with Gasteiger partial charge in [-0.15, -0.1) is 0 Å². The highest BCUT2D eigenvalue weighted by atomic mass is 32.2. The van der Waals surface area contributed by atoms with Gasteiger partial charge in [0, 0.05) is 26.2 Å². The van der Waals surface area contributed by atoms with Gasteiger partial charge in [0.1, 0.15) is 17.4 Å². The van der Waals surface area contributed by atoms with Crippen LogP contribution in [0.3, 0.4) is 0 Å². The molecule has 35 heavy (non-hydrogen) atoms. The van der Waals surface area contributed by atoms with E-state index in [9.17, 15) is 23.6 Å². The third-order valence-electron chi connectivity index (χ3n) is 6.16. The quantitative estimate of drug-likeness (QED) is 0.413. The molecule has 0 bridgehead atoms. The number of hydrogen-bond donors (Lipinski definition) is 2. The molecule has 1 saturated heterocycles.